The van der Waals surface area contributed by atoms with Crippen LogP contribution in [0.15, 0.2) is 35.9 Å². The smallest absolute Gasteiger partial charge is 0.175 e. The minimum absolute atomic E-state index is 0.0488. The van der Waals surface area contributed by atoms with Gasteiger partial charge in [0, 0.05) is 22.6 Å². The maximum Gasteiger partial charge on any atom is 0.175 e. The van der Waals surface area contributed by atoms with E-state index in [0.717, 1.165) is 22.0 Å². The molecule has 3 rings (SSSR count). The molecule has 0 atom stereocenters. The third-order valence-electron chi connectivity index (χ3n) is 2.72. The molecule has 0 spiro atoms. The van der Waals surface area contributed by atoms with E-state index >= 15 is 0 Å². The second-order valence-corrected chi connectivity index (χ2v) is 5.71. The van der Waals surface area contributed by atoms with Crippen molar-refractivity contribution in [3.63, 3.8) is 0 Å². The number of rotatable bonds is 0. The Morgan fingerprint density at radius 3 is 2.88 bits per heavy atom. The Morgan fingerprint density at radius 2 is 2.00 bits per heavy atom. The summed E-state index contributed by atoms with van der Waals surface area (Å²) in [7, 11) is -3.11. The monoisotopic (exact) mass is 231 g/mol. The number of nitrogens with zero attached hydrogens (tertiary/aromatic N) is 1. The fourth-order valence-electron chi connectivity index (χ4n) is 1.95. The van der Waals surface area contributed by atoms with Crippen molar-refractivity contribution in [1.29, 1.82) is 0 Å². The summed E-state index contributed by atoms with van der Waals surface area (Å²) in [5, 5.41) is 3.18. The van der Waals surface area contributed by atoms with Crippen LogP contribution in [0.2, 0.25) is 0 Å². The van der Waals surface area contributed by atoms with E-state index in [1.165, 1.54) is 5.41 Å². The van der Waals surface area contributed by atoms with Crippen LogP contribution in [0.3, 0.4) is 0 Å². The highest BCUT2D eigenvalue weighted by molar-refractivity contribution is 7.93. The van der Waals surface area contributed by atoms with Gasteiger partial charge in [0.1, 0.15) is 0 Å². The molecule has 0 aliphatic carbocycles. The quantitative estimate of drug-likeness (QED) is 0.697. The lowest BCUT2D eigenvalue weighted by Gasteiger charge is -2.12. The van der Waals surface area contributed by atoms with E-state index in [1.54, 1.807) is 12.3 Å². The van der Waals surface area contributed by atoms with E-state index in [1.807, 2.05) is 24.3 Å². The Kier molecular flexibility index (Phi) is 1.88. The van der Waals surface area contributed by atoms with Gasteiger partial charge in [-0.05, 0) is 11.5 Å². The van der Waals surface area contributed by atoms with Crippen LogP contribution in [0.4, 0.5) is 0 Å². The van der Waals surface area contributed by atoms with Crippen LogP contribution in [0.1, 0.15) is 11.3 Å². The van der Waals surface area contributed by atoms with Gasteiger partial charge in [-0.25, -0.2) is 8.42 Å². The zero-order chi connectivity index (χ0) is 11.2. The maximum atomic E-state index is 11.5. The summed E-state index contributed by atoms with van der Waals surface area (Å²) in [5.74, 6) is 0.0488. The van der Waals surface area contributed by atoms with E-state index in [2.05, 4.69) is 4.98 Å². The highest BCUT2D eigenvalue weighted by Crippen LogP contribution is 2.27. The number of benzene rings is 1. The standard InChI is InChI=1S/C12H9NO2S/c14-16(15)6-5-12-11(8-16)10-4-2-1-3-9(10)7-13-12/h1-7H,8H2. The predicted molar refractivity (Wildman–Crippen MR) is 63.4 cm³/mol. The molecule has 0 saturated heterocycles. The van der Waals surface area contributed by atoms with E-state index in [4.69, 9.17) is 0 Å². The fourth-order valence-corrected chi connectivity index (χ4v) is 3.09. The van der Waals surface area contributed by atoms with Gasteiger partial charge < -0.3 is 0 Å². The van der Waals surface area contributed by atoms with Crippen LogP contribution in [-0.2, 0) is 15.6 Å². The molecule has 2 aromatic rings. The molecule has 0 saturated carbocycles. The van der Waals surface area contributed by atoms with Gasteiger partial charge in [-0.2, -0.15) is 0 Å². The number of aromatic nitrogens is 1. The topological polar surface area (TPSA) is 47.0 Å². The van der Waals surface area contributed by atoms with Gasteiger partial charge in [-0.15, -0.1) is 0 Å². The number of hydrogen-bond donors (Lipinski definition) is 0. The van der Waals surface area contributed by atoms with E-state index in [9.17, 15) is 8.42 Å². The van der Waals surface area contributed by atoms with Gasteiger partial charge in [-0.1, -0.05) is 24.3 Å². The van der Waals surface area contributed by atoms with Crippen molar-refractivity contribution in [2.75, 3.05) is 0 Å². The molecule has 0 amide bonds. The molecular formula is C12H9NO2S. The van der Waals surface area contributed by atoms with Crippen molar-refractivity contribution >= 4 is 26.7 Å². The zero-order valence-corrected chi connectivity index (χ0v) is 9.24. The minimum Gasteiger partial charge on any atom is -0.256 e. The van der Waals surface area contributed by atoms with Gasteiger partial charge >= 0.3 is 0 Å². The fraction of sp³-hybridized carbons (Fsp3) is 0.0833. The van der Waals surface area contributed by atoms with Crippen LogP contribution in [0.25, 0.3) is 16.8 Å². The summed E-state index contributed by atoms with van der Waals surface area (Å²) < 4.78 is 23.1. The number of sulfone groups is 1. The molecule has 1 aliphatic rings. The Balaban J connectivity index is 2.40. The molecule has 80 valence electrons. The highest BCUT2D eigenvalue weighted by Gasteiger charge is 2.18. The Morgan fingerprint density at radius 1 is 1.19 bits per heavy atom. The summed E-state index contributed by atoms with van der Waals surface area (Å²) >= 11 is 0. The van der Waals surface area contributed by atoms with Crippen molar-refractivity contribution in [1.82, 2.24) is 4.98 Å². The van der Waals surface area contributed by atoms with Crippen molar-refractivity contribution in [3.05, 3.63) is 47.1 Å². The molecule has 0 N–H and O–H groups in total. The molecule has 0 radical (unpaired) electrons. The molecule has 0 unspecified atom stereocenters. The largest absolute Gasteiger partial charge is 0.256 e. The molecule has 16 heavy (non-hydrogen) atoms. The van der Waals surface area contributed by atoms with Crippen molar-refractivity contribution in [2.24, 2.45) is 0 Å². The molecule has 0 fully saturated rings. The Labute approximate surface area is 93.4 Å². The summed E-state index contributed by atoms with van der Waals surface area (Å²) in [6.07, 6.45) is 3.34. The first-order chi connectivity index (χ1) is 7.66. The Bertz CT molecular complexity index is 702. The molecule has 1 aliphatic heterocycles. The van der Waals surface area contributed by atoms with Crippen molar-refractivity contribution in [3.8, 4) is 0 Å². The molecule has 1 aromatic heterocycles. The minimum atomic E-state index is -3.11. The second kappa shape index (κ2) is 3.15. The van der Waals surface area contributed by atoms with Gasteiger partial charge in [-0.3, -0.25) is 4.98 Å². The Hall–Kier alpha value is -1.68. The lowest BCUT2D eigenvalue weighted by molar-refractivity contribution is 0.603. The van der Waals surface area contributed by atoms with Crippen molar-refractivity contribution in [2.45, 2.75) is 5.75 Å². The summed E-state index contributed by atoms with van der Waals surface area (Å²) in [6.45, 7) is 0. The van der Waals surface area contributed by atoms with Gasteiger partial charge in [0.25, 0.3) is 0 Å². The van der Waals surface area contributed by atoms with Crippen LogP contribution in [-0.4, -0.2) is 13.4 Å². The van der Waals surface area contributed by atoms with Gasteiger partial charge in [0.2, 0.25) is 0 Å². The number of pyridine rings is 1. The molecule has 4 heteroatoms. The van der Waals surface area contributed by atoms with E-state index in [-0.39, 0.29) is 5.75 Å². The first kappa shape index (κ1) is 9.54. The number of fused-ring (bicyclic) bond motifs is 3. The van der Waals surface area contributed by atoms with Crippen LogP contribution in [0, 0.1) is 0 Å². The van der Waals surface area contributed by atoms with Crippen LogP contribution >= 0.6 is 0 Å². The SMILES string of the molecule is O=S1(=O)C=Cc2ncc3ccccc3c2C1. The summed E-state index contributed by atoms with van der Waals surface area (Å²) in [6, 6.07) is 7.70. The molecule has 0 bridgehead atoms. The molecular weight excluding hydrogens is 222 g/mol. The average molecular weight is 231 g/mol. The van der Waals surface area contributed by atoms with E-state index < -0.39 is 9.84 Å². The van der Waals surface area contributed by atoms with Gasteiger partial charge in [0.15, 0.2) is 9.84 Å². The zero-order valence-electron chi connectivity index (χ0n) is 8.42. The average Bonchev–Trinajstić information content (AvgIpc) is 2.28. The van der Waals surface area contributed by atoms with Crippen LogP contribution in [0.5, 0.6) is 0 Å². The third-order valence-corrected chi connectivity index (χ3v) is 3.96. The van der Waals surface area contributed by atoms with Crippen LogP contribution < -0.4 is 0 Å². The lowest BCUT2D eigenvalue weighted by Crippen LogP contribution is -2.08. The number of hydrogen-bond acceptors (Lipinski definition) is 3. The molecule has 2 heterocycles. The highest BCUT2D eigenvalue weighted by atomic mass is 32.2. The summed E-state index contributed by atoms with van der Waals surface area (Å²) in [4.78, 5) is 4.26. The molecule has 3 nitrogen and oxygen atoms in total. The van der Waals surface area contributed by atoms with Gasteiger partial charge in [0.05, 0.1) is 11.4 Å². The molecule has 1 aromatic carbocycles. The van der Waals surface area contributed by atoms with Crippen molar-refractivity contribution < 1.29 is 8.42 Å². The normalized spacial score (nSPS) is 17.2. The lowest BCUT2D eigenvalue weighted by atomic mass is 10.1. The first-order valence-electron chi connectivity index (χ1n) is 4.93. The van der Waals surface area contributed by atoms with E-state index in [0.29, 0.717) is 0 Å². The first-order valence-corrected chi connectivity index (χ1v) is 6.65. The summed E-state index contributed by atoms with van der Waals surface area (Å²) in [5.41, 5.74) is 1.56. The third kappa shape index (κ3) is 1.42. The second-order valence-electron chi connectivity index (χ2n) is 3.82. The predicted octanol–water partition coefficient (Wildman–Crippen LogP) is 2.13. The maximum absolute atomic E-state index is 11.5.